The highest BCUT2D eigenvalue weighted by Crippen LogP contribution is 2.39. The van der Waals surface area contributed by atoms with Crippen molar-refractivity contribution in [2.45, 2.75) is 45.6 Å². The summed E-state index contributed by atoms with van der Waals surface area (Å²) in [5, 5.41) is 5.61. The van der Waals surface area contributed by atoms with E-state index >= 15 is 0 Å². The zero-order chi connectivity index (χ0) is 30.2. The molecule has 2 heterocycles. The molecular formula is C29H35N4O8P. The van der Waals surface area contributed by atoms with Crippen LogP contribution in [0.1, 0.15) is 43.8 Å². The third-order valence-electron chi connectivity index (χ3n) is 6.40. The van der Waals surface area contributed by atoms with Gasteiger partial charge in [-0.3, -0.25) is 23.9 Å². The largest absolute Gasteiger partial charge is 0.462 e. The summed E-state index contributed by atoms with van der Waals surface area (Å²) < 4.78 is 24.8. The highest BCUT2D eigenvalue weighted by molar-refractivity contribution is 7.45. The molecule has 12 nitrogen and oxygen atoms in total. The van der Waals surface area contributed by atoms with Gasteiger partial charge in [0.1, 0.15) is 18.5 Å². The number of nitrogens with one attached hydrogen (secondary N) is 3. The third kappa shape index (κ3) is 8.36. The van der Waals surface area contributed by atoms with Crippen LogP contribution < -0.4 is 26.2 Å². The molecule has 4 unspecified atom stereocenters. The van der Waals surface area contributed by atoms with Gasteiger partial charge in [0.15, 0.2) is 0 Å². The summed E-state index contributed by atoms with van der Waals surface area (Å²) in [5.74, 6) is -0.119. The Morgan fingerprint density at radius 3 is 2.57 bits per heavy atom. The Labute approximate surface area is 244 Å². The monoisotopic (exact) mass is 598 g/mol. The summed E-state index contributed by atoms with van der Waals surface area (Å²) in [7, 11) is -0.197. The number of rotatable bonds is 12. The van der Waals surface area contributed by atoms with E-state index in [0.29, 0.717) is 17.7 Å². The van der Waals surface area contributed by atoms with Crippen molar-refractivity contribution in [2.75, 3.05) is 20.2 Å². The van der Waals surface area contributed by atoms with Crippen LogP contribution >= 0.6 is 8.53 Å². The second kappa shape index (κ2) is 14.4. The molecule has 0 spiro atoms. The summed E-state index contributed by atoms with van der Waals surface area (Å²) in [6.45, 7) is 5.51. The second-order valence-electron chi connectivity index (χ2n) is 10.1. The Morgan fingerprint density at radius 2 is 1.88 bits per heavy atom. The van der Waals surface area contributed by atoms with Gasteiger partial charge in [-0.25, -0.2) is 9.88 Å². The van der Waals surface area contributed by atoms with E-state index < -0.39 is 32.0 Å². The van der Waals surface area contributed by atoms with E-state index in [-0.39, 0.29) is 37.2 Å². The number of benzene rings is 2. The average Bonchev–Trinajstić information content (AvgIpc) is 3.34. The van der Waals surface area contributed by atoms with Gasteiger partial charge >= 0.3 is 20.2 Å². The molecular weight excluding hydrogens is 563 g/mol. The molecule has 1 fully saturated rings. The quantitative estimate of drug-likeness (QED) is 0.211. The Hall–Kier alpha value is -3.83. The van der Waals surface area contributed by atoms with Gasteiger partial charge in [-0.15, -0.1) is 0 Å². The molecule has 0 bridgehead atoms. The number of carbonyl (C=O) groups is 2. The van der Waals surface area contributed by atoms with Crippen LogP contribution in [0.4, 0.5) is 0 Å². The summed E-state index contributed by atoms with van der Waals surface area (Å²) in [4.78, 5) is 50.1. The van der Waals surface area contributed by atoms with Crippen LogP contribution in [0.3, 0.4) is 0 Å². The van der Waals surface area contributed by atoms with Gasteiger partial charge in [0.05, 0.1) is 18.8 Å². The molecule has 4 rings (SSSR count). The van der Waals surface area contributed by atoms with Crippen LogP contribution in [0, 0.1) is 5.92 Å². The summed E-state index contributed by atoms with van der Waals surface area (Å²) >= 11 is 0. The Bertz CT molecular complexity index is 1490. The lowest BCUT2D eigenvalue weighted by atomic mass is 10.0. The van der Waals surface area contributed by atoms with E-state index in [9.17, 15) is 19.2 Å². The predicted octanol–water partition coefficient (Wildman–Crippen LogP) is 3.35. The second-order valence-corrected chi connectivity index (χ2v) is 11.4. The number of esters is 1. The standard InChI is InChI=1S/C29H35N4O8P/c1-18(2)39-26(35)16-31-42(38-17-24-14-19(3)28(40-24)33-13-12-25(34)32-29(33)37)41-23-10-8-20(9-11-23)21-6-5-7-22(15-21)27(36)30-4/h5-13,15,18-19,24,28,31H,14,16-17H2,1-4H3,(H,30,36)(H,32,34,37). The molecule has 2 aromatic carbocycles. The predicted molar refractivity (Wildman–Crippen MR) is 157 cm³/mol. The van der Waals surface area contributed by atoms with Gasteiger partial charge < -0.3 is 23.8 Å². The van der Waals surface area contributed by atoms with Crippen LogP contribution in [-0.2, 0) is 18.8 Å². The molecule has 3 N–H and O–H groups in total. The van der Waals surface area contributed by atoms with Gasteiger partial charge in [0.2, 0.25) is 0 Å². The normalized spacial score (nSPS) is 18.9. The molecule has 1 aliphatic rings. The lowest BCUT2D eigenvalue weighted by molar-refractivity contribution is -0.145. The molecule has 0 saturated carbocycles. The summed E-state index contributed by atoms with van der Waals surface area (Å²) in [6, 6.07) is 15.9. The maximum Gasteiger partial charge on any atom is 0.330 e. The number of nitrogens with zero attached hydrogens (tertiary/aromatic N) is 1. The Morgan fingerprint density at radius 1 is 1.12 bits per heavy atom. The number of carbonyl (C=O) groups excluding carboxylic acids is 2. The maximum atomic E-state index is 12.3. The molecule has 4 atom stereocenters. The molecule has 1 saturated heterocycles. The highest BCUT2D eigenvalue weighted by Gasteiger charge is 2.35. The molecule has 3 aromatic rings. The number of H-pyrrole nitrogens is 1. The fourth-order valence-electron chi connectivity index (χ4n) is 4.47. The van der Waals surface area contributed by atoms with Crippen LogP contribution in [0.5, 0.6) is 5.75 Å². The molecule has 0 radical (unpaired) electrons. The van der Waals surface area contributed by atoms with Crippen molar-refractivity contribution >= 4 is 20.4 Å². The minimum Gasteiger partial charge on any atom is -0.462 e. The third-order valence-corrected chi connectivity index (χ3v) is 7.58. The van der Waals surface area contributed by atoms with Crippen LogP contribution in [-0.4, -0.2) is 53.8 Å². The van der Waals surface area contributed by atoms with Crippen LogP contribution in [0.2, 0.25) is 0 Å². The molecule has 42 heavy (non-hydrogen) atoms. The van der Waals surface area contributed by atoms with Gasteiger partial charge in [-0.05, 0) is 55.7 Å². The van der Waals surface area contributed by atoms with E-state index in [1.54, 1.807) is 39.1 Å². The first-order valence-electron chi connectivity index (χ1n) is 13.6. The smallest absolute Gasteiger partial charge is 0.330 e. The van der Waals surface area contributed by atoms with Crippen molar-refractivity contribution in [2.24, 2.45) is 5.92 Å². The molecule has 13 heteroatoms. The molecule has 0 aliphatic carbocycles. The van der Waals surface area contributed by atoms with E-state index in [1.807, 2.05) is 37.3 Å². The first-order chi connectivity index (χ1) is 20.1. The van der Waals surface area contributed by atoms with Crippen molar-refractivity contribution in [3.63, 3.8) is 0 Å². The molecule has 224 valence electrons. The number of ether oxygens (including phenoxy) is 2. The van der Waals surface area contributed by atoms with Crippen molar-refractivity contribution in [3.05, 3.63) is 87.2 Å². The molecule has 1 amide bonds. The molecule has 1 aliphatic heterocycles. The number of aromatic nitrogens is 2. The van der Waals surface area contributed by atoms with E-state index in [4.69, 9.17) is 18.5 Å². The minimum atomic E-state index is -1.78. The average molecular weight is 599 g/mol. The van der Waals surface area contributed by atoms with Crippen LogP contribution in [0.25, 0.3) is 11.1 Å². The summed E-state index contributed by atoms with van der Waals surface area (Å²) in [5.41, 5.74) is 1.31. The van der Waals surface area contributed by atoms with Crippen molar-refractivity contribution in [1.29, 1.82) is 0 Å². The van der Waals surface area contributed by atoms with Gasteiger partial charge in [-0.1, -0.05) is 31.2 Å². The molecule has 1 aromatic heterocycles. The fraction of sp³-hybridized carbons (Fsp3) is 0.379. The number of aromatic amines is 1. The van der Waals surface area contributed by atoms with Gasteiger partial charge in [0.25, 0.3) is 11.5 Å². The van der Waals surface area contributed by atoms with E-state index in [1.165, 1.54) is 16.8 Å². The fourth-order valence-corrected chi connectivity index (χ4v) is 5.55. The van der Waals surface area contributed by atoms with Crippen molar-refractivity contribution in [3.8, 4) is 16.9 Å². The number of amides is 1. The van der Waals surface area contributed by atoms with E-state index in [2.05, 4.69) is 15.4 Å². The lowest BCUT2D eigenvalue weighted by Gasteiger charge is -2.21. The van der Waals surface area contributed by atoms with Crippen LogP contribution in [0.15, 0.2) is 70.4 Å². The first-order valence-corrected chi connectivity index (χ1v) is 14.7. The zero-order valence-corrected chi connectivity index (χ0v) is 24.8. The Balaban J connectivity index is 1.42. The number of hydrogen-bond acceptors (Lipinski definition) is 9. The first kappa shape index (κ1) is 31.1. The SMILES string of the molecule is CNC(=O)c1cccc(-c2ccc(OP(NCC(=O)OC(C)C)OCC3CC(C)C(n4ccc(=O)[nH]c4=O)O3)cc2)c1. The Kier molecular flexibility index (Phi) is 10.6. The van der Waals surface area contributed by atoms with Crippen molar-refractivity contribution in [1.82, 2.24) is 20.0 Å². The topological polar surface area (TPSA) is 150 Å². The van der Waals surface area contributed by atoms with Crippen molar-refractivity contribution < 1.29 is 28.1 Å². The van der Waals surface area contributed by atoms with Gasteiger partial charge in [-0.2, -0.15) is 0 Å². The maximum absolute atomic E-state index is 12.3. The van der Waals surface area contributed by atoms with E-state index in [0.717, 1.165) is 11.1 Å². The zero-order valence-electron chi connectivity index (χ0n) is 23.9. The highest BCUT2D eigenvalue weighted by atomic mass is 31.2. The minimum absolute atomic E-state index is 0.0159. The van der Waals surface area contributed by atoms with Gasteiger partial charge in [0, 0.05) is 30.8 Å². The summed E-state index contributed by atoms with van der Waals surface area (Å²) in [6.07, 6.45) is 0.861. The number of hydrogen-bond donors (Lipinski definition) is 3. The lowest BCUT2D eigenvalue weighted by Crippen LogP contribution is -2.33.